The van der Waals surface area contributed by atoms with Crippen molar-refractivity contribution in [2.24, 2.45) is 5.92 Å². The van der Waals surface area contributed by atoms with Crippen LogP contribution in [0.2, 0.25) is 5.02 Å². The summed E-state index contributed by atoms with van der Waals surface area (Å²) in [5.74, 6) is 0.115. The molecule has 1 amide bonds. The smallest absolute Gasteiger partial charge is 0.293 e. The van der Waals surface area contributed by atoms with Gasteiger partial charge in [0.25, 0.3) is 21.6 Å². The quantitative estimate of drug-likeness (QED) is 0.0818. The summed E-state index contributed by atoms with van der Waals surface area (Å²) in [6, 6.07) is 21.5. The van der Waals surface area contributed by atoms with E-state index in [9.17, 15) is 23.3 Å². The molecular formula is C42H45ClN6O7S. The van der Waals surface area contributed by atoms with E-state index in [0.29, 0.717) is 43.2 Å². The van der Waals surface area contributed by atoms with E-state index in [2.05, 4.69) is 37.0 Å². The van der Waals surface area contributed by atoms with Crippen molar-refractivity contribution in [3.8, 4) is 11.5 Å². The number of carbonyl (C=O) groups is 1. The Morgan fingerprint density at radius 1 is 0.982 bits per heavy atom. The number of carbonyl (C=O) groups excluding carboxylic acids is 1. The zero-order valence-corrected chi connectivity index (χ0v) is 32.9. The Kier molecular flexibility index (Phi) is 11.5. The van der Waals surface area contributed by atoms with Crippen molar-refractivity contribution in [2.45, 2.75) is 74.3 Å². The number of sulfonamides is 1. The number of benzene rings is 3. The summed E-state index contributed by atoms with van der Waals surface area (Å²) in [4.78, 5) is 35.0. The average molecular weight is 813 g/mol. The molecule has 1 atom stereocenters. The number of likely N-dealkylation sites (tertiary alicyclic amines) is 1. The van der Waals surface area contributed by atoms with Crippen LogP contribution in [0.25, 0.3) is 11.0 Å². The van der Waals surface area contributed by atoms with E-state index in [-0.39, 0.29) is 28.8 Å². The molecule has 2 saturated heterocycles. The zero-order chi connectivity index (χ0) is 39.5. The monoisotopic (exact) mass is 812 g/mol. The number of amides is 1. The number of pyridine rings is 1. The Morgan fingerprint density at radius 3 is 2.60 bits per heavy atom. The number of fused-ring (bicyclic) bond motifs is 1. The van der Waals surface area contributed by atoms with Gasteiger partial charge in [0.2, 0.25) is 0 Å². The third-order valence-electron chi connectivity index (χ3n) is 11.6. The zero-order valence-electron chi connectivity index (χ0n) is 31.4. The highest BCUT2D eigenvalue weighted by molar-refractivity contribution is 7.90. The van der Waals surface area contributed by atoms with Gasteiger partial charge in [0.05, 0.1) is 21.6 Å². The summed E-state index contributed by atoms with van der Waals surface area (Å²) < 4.78 is 41.1. The highest BCUT2D eigenvalue weighted by atomic mass is 35.5. The fourth-order valence-electron chi connectivity index (χ4n) is 8.63. The summed E-state index contributed by atoms with van der Waals surface area (Å²) in [6.45, 7) is 2.81. The van der Waals surface area contributed by atoms with E-state index in [4.69, 9.17) is 21.1 Å². The van der Waals surface area contributed by atoms with E-state index in [0.717, 1.165) is 80.0 Å². The largest absolute Gasteiger partial charge is 0.455 e. The van der Waals surface area contributed by atoms with Crippen LogP contribution >= 0.6 is 11.6 Å². The maximum Gasteiger partial charge on any atom is 0.293 e. The number of ether oxygens (including phenoxy) is 2. The van der Waals surface area contributed by atoms with E-state index in [1.807, 2.05) is 30.3 Å². The first-order valence-electron chi connectivity index (χ1n) is 19.5. The maximum atomic E-state index is 13.9. The van der Waals surface area contributed by atoms with Crippen LogP contribution in [0.4, 0.5) is 11.4 Å². The van der Waals surface area contributed by atoms with Crippen LogP contribution in [0.15, 0.2) is 90.1 Å². The summed E-state index contributed by atoms with van der Waals surface area (Å²) in [5, 5.41) is 16.7. The summed E-state index contributed by atoms with van der Waals surface area (Å²) >= 11 is 6.35. The molecule has 298 valence electrons. The minimum Gasteiger partial charge on any atom is -0.455 e. The van der Waals surface area contributed by atoms with Gasteiger partial charge in [-0.2, -0.15) is 0 Å². The number of anilines is 1. The predicted molar refractivity (Wildman–Crippen MR) is 218 cm³/mol. The molecule has 4 heterocycles. The first kappa shape index (κ1) is 38.8. The number of rotatable bonds is 12. The van der Waals surface area contributed by atoms with E-state index in [1.54, 1.807) is 18.3 Å². The normalized spacial score (nSPS) is 20.7. The second kappa shape index (κ2) is 16.8. The number of H-pyrrole nitrogens is 1. The van der Waals surface area contributed by atoms with Crippen molar-refractivity contribution < 1.29 is 27.6 Å². The molecule has 3 aliphatic rings. The molecule has 57 heavy (non-hydrogen) atoms. The van der Waals surface area contributed by atoms with Gasteiger partial charge >= 0.3 is 0 Å². The Bertz CT molecular complexity index is 2380. The lowest BCUT2D eigenvalue weighted by atomic mass is 9.80. The number of hydrogen-bond acceptors (Lipinski definition) is 10. The van der Waals surface area contributed by atoms with Crippen LogP contribution in [0, 0.1) is 16.0 Å². The van der Waals surface area contributed by atoms with Gasteiger partial charge in [0.15, 0.2) is 0 Å². The number of nitrogens with one attached hydrogen (secondary N) is 3. The molecule has 3 fully saturated rings. The number of halogens is 1. The highest BCUT2D eigenvalue weighted by Crippen LogP contribution is 2.43. The number of aromatic amines is 1. The lowest BCUT2D eigenvalue weighted by molar-refractivity contribution is -0.384. The molecular weight excluding hydrogens is 768 g/mol. The first-order valence-corrected chi connectivity index (χ1v) is 21.4. The molecule has 13 nitrogen and oxygen atoms in total. The first-order chi connectivity index (χ1) is 27.6. The molecule has 3 N–H and O–H groups in total. The summed E-state index contributed by atoms with van der Waals surface area (Å²) in [6.07, 6.45) is 11.1. The van der Waals surface area contributed by atoms with E-state index >= 15 is 0 Å². The van der Waals surface area contributed by atoms with Crippen molar-refractivity contribution in [3.05, 3.63) is 117 Å². The van der Waals surface area contributed by atoms with Crippen LogP contribution in [0.5, 0.6) is 11.5 Å². The van der Waals surface area contributed by atoms with Crippen LogP contribution in [0.1, 0.15) is 84.8 Å². The van der Waals surface area contributed by atoms with Crippen LogP contribution in [-0.2, 0) is 14.8 Å². The molecule has 15 heteroatoms. The molecule has 0 bridgehead atoms. The van der Waals surface area contributed by atoms with E-state index in [1.165, 1.54) is 23.9 Å². The number of nitrogens with zero attached hydrogens (tertiary/aromatic N) is 3. The predicted octanol–water partition coefficient (Wildman–Crippen LogP) is 8.74. The summed E-state index contributed by atoms with van der Waals surface area (Å²) in [5.41, 5.74) is 2.72. The summed E-state index contributed by atoms with van der Waals surface area (Å²) in [7, 11) is -4.53. The van der Waals surface area contributed by atoms with E-state index < -0.39 is 31.4 Å². The standard InChI is InChI=1S/C42H45ClN6O7S/c43-32-4-1-3-30(21-32)38-5-2-18-48(38)33-9-6-28(7-10-33)29-8-12-36(40(23-29)56-34-22-31-14-17-44-41(31)46-26-34)42(50)47-57(53,54)35-11-13-37(39(24-35)49(51)52)45-25-27-15-19-55-20-16-27/h1,3-4,8,11-14,17,21-24,26-28,33,38,45H,2,5-7,9-10,15-16,18-20,25H2,(H,44,46)(H,47,50)/t28?,33?,38-/m1/s1. The SMILES string of the molecule is O=C(NS(=O)(=O)c1ccc(NCC2CCOCC2)c([N+](=O)[O-])c1)c1ccc(C2CCC(N3CCC[C@@H]3c3cccc(Cl)c3)CC2)cc1Oc1cnc2[nH]ccc2c1. The second-order valence-electron chi connectivity index (χ2n) is 15.2. The van der Waals surface area contributed by atoms with Crippen molar-refractivity contribution in [3.63, 3.8) is 0 Å². The van der Waals surface area contributed by atoms with Crippen LogP contribution in [-0.4, -0.2) is 66.5 Å². The van der Waals surface area contributed by atoms with Crippen molar-refractivity contribution in [1.82, 2.24) is 19.6 Å². The number of nitro benzene ring substituents is 1. The fraction of sp³-hybridized carbons (Fsp3) is 0.381. The Morgan fingerprint density at radius 2 is 1.81 bits per heavy atom. The lowest BCUT2D eigenvalue weighted by Gasteiger charge is -2.38. The Hall–Kier alpha value is -5.02. The maximum absolute atomic E-state index is 13.9. The van der Waals surface area contributed by atoms with Gasteiger partial charge in [0.1, 0.15) is 22.8 Å². The fourth-order valence-corrected chi connectivity index (χ4v) is 9.81. The van der Waals surface area contributed by atoms with Gasteiger partial charge in [-0.25, -0.2) is 18.1 Å². The Balaban J connectivity index is 1.01. The molecule has 1 aliphatic carbocycles. The minimum absolute atomic E-state index is 0.00384. The molecule has 2 aliphatic heterocycles. The van der Waals surface area contributed by atoms with Crippen LogP contribution in [0.3, 0.4) is 0 Å². The van der Waals surface area contributed by atoms with Gasteiger partial charge < -0.3 is 19.8 Å². The van der Waals surface area contributed by atoms with Gasteiger partial charge in [-0.3, -0.25) is 19.8 Å². The molecule has 0 radical (unpaired) electrons. The van der Waals surface area contributed by atoms with Crippen LogP contribution < -0.4 is 14.8 Å². The van der Waals surface area contributed by atoms with Gasteiger partial charge in [0, 0.05) is 54.5 Å². The molecule has 0 spiro atoms. The molecule has 0 unspecified atom stereocenters. The molecule has 3 aromatic carbocycles. The van der Waals surface area contributed by atoms with Crippen molar-refractivity contribution in [1.29, 1.82) is 0 Å². The second-order valence-corrected chi connectivity index (χ2v) is 17.3. The number of hydrogen-bond donors (Lipinski definition) is 3. The Labute approximate surface area is 336 Å². The third-order valence-corrected chi connectivity index (χ3v) is 13.2. The molecule has 1 saturated carbocycles. The average Bonchev–Trinajstić information content (AvgIpc) is 3.91. The molecule has 5 aromatic rings. The van der Waals surface area contributed by atoms with Gasteiger partial charge in [-0.15, -0.1) is 0 Å². The van der Waals surface area contributed by atoms with Gasteiger partial charge in [-0.05, 0) is 129 Å². The number of aromatic nitrogens is 2. The van der Waals surface area contributed by atoms with Crippen molar-refractivity contribution >= 4 is 49.9 Å². The lowest BCUT2D eigenvalue weighted by Crippen LogP contribution is -2.37. The van der Waals surface area contributed by atoms with Gasteiger partial charge in [-0.1, -0.05) is 29.8 Å². The van der Waals surface area contributed by atoms with Crippen molar-refractivity contribution in [2.75, 3.05) is 31.6 Å². The molecule has 2 aromatic heterocycles. The number of nitro groups is 1. The minimum atomic E-state index is -4.53. The molecule has 8 rings (SSSR count). The highest BCUT2D eigenvalue weighted by Gasteiger charge is 2.35. The third kappa shape index (κ3) is 8.79. The topological polar surface area (TPSA) is 169 Å².